The van der Waals surface area contributed by atoms with Gasteiger partial charge < -0.3 is 10.2 Å². The van der Waals surface area contributed by atoms with E-state index in [9.17, 15) is 0 Å². The van der Waals surface area contributed by atoms with E-state index in [1.807, 2.05) is 0 Å². The number of nitriles is 2. The first-order chi connectivity index (χ1) is 5.77. The summed E-state index contributed by atoms with van der Waals surface area (Å²) in [5.74, 6) is 0. The predicted molar refractivity (Wildman–Crippen MR) is 46.6 cm³/mol. The highest BCUT2D eigenvalue weighted by Gasteiger charge is 2.13. The van der Waals surface area contributed by atoms with E-state index in [2.05, 4.69) is 5.32 Å². The maximum absolute atomic E-state index is 8.44. The fourth-order valence-corrected chi connectivity index (χ4v) is 1.09. The molecule has 1 fully saturated rings. The third-order valence-electron chi connectivity index (χ3n) is 1.42. The molecule has 0 aromatic carbocycles. The van der Waals surface area contributed by atoms with Gasteiger partial charge in [0, 0.05) is 19.3 Å². The predicted octanol–water partition coefficient (Wildman–Crippen LogP) is 0.108. The first-order valence-corrected chi connectivity index (χ1v) is 3.75. The molecule has 0 atom stereocenters. The maximum Gasteiger partial charge on any atom is 0.173 e. The van der Waals surface area contributed by atoms with E-state index in [0.717, 1.165) is 6.54 Å². The molecule has 1 N–H and O–H groups in total. The number of nitrogens with zero attached hydrogens (tertiary/aromatic N) is 3. The van der Waals surface area contributed by atoms with E-state index in [1.54, 1.807) is 17.0 Å². The van der Waals surface area contributed by atoms with E-state index in [4.69, 9.17) is 22.7 Å². The van der Waals surface area contributed by atoms with Crippen LogP contribution in [0.5, 0.6) is 0 Å². The molecule has 1 aliphatic heterocycles. The average molecular weight is 178 g/mol. The first-order valence-electron chi connectivity index (χ1n) is 3.34. The summed E-state index contributed by atoms with van der Waals surface area (Å²) in [7, 11) is 0. The fourth-order valence-electron chi connectivity index (χ4n) is 0.848. The Morgan fingerprint density at radius 1 is 1.58 bits per heavy atom. The van der Waals surface area contributed by atoms with Crippen molar-refractivity contribution in [1.29, 1.82) is 10.5 Å². The summed E-state index contributed by atoms with van der Waals surface area (Å²) in [6, 6.07) is 3.54. The zero-order chi connectivity index (χ0) is 8.97. The van der Waals surface area contributed by atoms with Crippen molar-refractivity contribution in [3.05, 3.63) is 11.8 Å². The van der Waals surface area contributed by atoms with Crippen LogP contribution in [0.2, 0.25) is 0 Å². The lowest BCUT2D eigenvalue weighted by Crippen LogP contribution is -2.22. The number of hydrogen-bond donors (Lipinski definition) is 1. The number of thiocarbonyl (C=S) groups is 1. The molecule has 4 nitrogen and oxygen atoms in total. The van der Waals surface area contributed by atoms with Crippen molar-refractivity contribution in [2.75, 3.05) is 13.1 Å². The monoisotopic (exact) mass is 178 g/mol. The third kappa shape index (κ3) is 1.71. The molecule has 1 heterocycles. The summed E-state index contributed by atoms with van der Waals surface area (Å²) in [6.07, 6.45) is 1.46. The lowest BCUT2D eigenvalue weighted by atomic mass is 10.3. The van der Waals surface area contributed by atoms with Crippen LogP contribution in [0, 0.1) is 22.7 Å². The molecule has 1 rings (SSSR count). The van der Waals surface area contributed by atoms with Gasteiger partial charge >= 0.3 is 0 Å². The molecule has 0 bridgehead atoms. The molecule has 5 heteroatoms. The molecule has 0 radical (unpaired) electrons. The summed E-state index contributed by atoms with van der Waals surface area (Å²) < 4.78 is 0. The Hall–Kier alpha value is -1.59. The molecular formula is C7H6N4S. The molecule has 1 aliphatic rings. The van der Waals surface area contributed by atoms with E-state index in [-0.39, 0.29) is 5.57 Å². The van der Waals surface area contributed by atoms with E-state index >= 15 is 0 Å². The molecule has 0 amide bonds. The first kappa shape index (κ1) is 8.51. The van der Waals surface area contributed by atoms with E-state index < -0.39 is 0 Å². The summed E-state index contributed by atoms with van der Waals surface area (Å²) in [5, 5.41) is 20.4. The smallest absolute Gasteiger partial charge is 0.173 e. The Kier molecular flexibility index (Phi) is 2.62. The quantitative estimate of drug-likeness (QED) is 0.456. The molecule has 0 spiro atoms. The van der Waals surface area contributed by atoms with E-state index in [1.165, 1.54) is 6.20 Å². The minimum Gasteiger partial charge on any atom is -0.360 e. The summed E-state index contributed by atoms with van der Waals surface area (Å²) >= 11 is 4.91. The van der Waals surface area contributed by atoms with E-state index in [0.29, 0.717) is 11.7 Å². The van der Waals surface area contributed by atoms with Crippen LogP contribution in [0.25, 0.3) is 0 Å². The van der Waals surface area contributed by atoms with Crippen LogP contribution in [-0.4, -0.2) is 23.1 Å². The second kappa shape index (κ2) is 3.70. The minimum absolute atomic E-state index is 0.0704. The summed E-state index contributed by atoms with van der Waals surface area (Å²) in [4.78, 5) is 1.68. The molecule has 0 aliphatic carbocycles. The SMILES string of the molecule is N#CC(C#N)=CN1CCNC1=S. The Balaban J connectivity index is 2.74. The van der Waals surface area contributed by atoms with Gasteiger partial charge in [-0.2, -0.15) is 10.5 Å². The van der Waals surface area contributed by atoms with Crippen molar-refractivity contribution >= 4 is 17.3 Å². The van der Waals surface area contributed by atoms with Gasteiger partial charge in [-0.05, 0) is 12.2 Å². The van der Waals surface area contributed by atoms with Crippen molar-refractivity contribution in [2.24, 2.45) is 0 Å². The highest BCUT2D eigenvalue weighted by atomic mass is 32.1. The zero-order valence-corrected chi connectivity index (χ0v) is 7.06. The van der Waals surface area contributed by atoms with Crippen molar-refractivity contribution in [3.63, 3.8) is 0 Å². The molecule has 0 aromatic rings. The molecule has 0 unspecified atom stereocenters. The lowest BCUT2D eigenvalue weighted by Gasteiger charge is -2.08. The Morgan fingerprint density at radius 2 is 2.25 bits per heavy atom. The second-order valence-electron chi connectivity index (χ2n) is 2.19. The van der Waals surface area contributed by atoms with Gasteiger partial charge in [0.2, 0.25) is 0 Å². The van der Waals surface area contributed by atoms with Crippen LogP contribution >= 0.6 is 12.2 Å². The van der Waals surface area contributed by atoms with Crippen molar-refractivity contribution < 1.29 is 0 Å². The van der Waals surface area contributed by atoms with Gasteiger partial charge in [0.25, 0.3) is 0 Å². The molecule has 0 saturated carbocycles. The van der Waals surface area contributed by atoms with Gasteiger partial charge in [-0.25, -0.2) is 0 Å². The van der Waals surface area contributed by atoms with Gasteiger partial charge in [0.05, 0.1) is 0 Å². The third-order valence-corrected chi connectivity index (χ3v) is 1.79. The topological polar surface area (TPSA) is 62.9 Å². The van der Waals surface area contributed by atoms with Crippen LogP contribution in [-0.2, 0) is 0 Å². The number of allylic oxidation sites excluding steroid dienone is 1. The average Bonchev–Trinajstić information content (AvgIpc) is 2.47. The van der Waals surface area contributed by atoms with Crippen molar-refractivity contribution in [2.45, 2.75) is 0 Å². The normalized spacial score (nSPS) is 14.5. The van der Waals surface area contributed by atoms with Gasteiger partial charge in [-0.3, -0.25) is 0 Å². The second-order valence-corrected chi connectivity index (χ2v) is 2.58. The van der Waals surface area contributed by atoms with Crippen LogP contribution in [0.1, 0.15) is 0 Å². The van der Waals surface area contributed by atoms with Crippen molar-refractivity contribution in [1.82, 2.24) is 10.2 Å². The zero-order valence-electron chi connectivity index (χ0n) is 6.24. The Bertz CT molecular complexity index is 290. The highest BCUT2D eigenvalue weighted by Crippen LogP contribution is 2.01. The largest absolute Gasteiger partial charge is 0.360 e. The maximum atomic E-state index is 8.44. The summed E-state index contributed by atoms with van der Waals surface area (Å²) in [5.41, 5.74) is 0.0704. The van der Waals surface area contributed by atoms with Crippen LogP contribution in [0.4, 0.5) is 0 Å². The number of nitrogens with one attached hydrogen (secondary N) is 1. The van der Waals surface area contributed by atoms with Crippen molar-refractivity contribution in [3.8, 4) is 12.1 Å². The van der Waals surface area contributed by atoms with Crippen LogP contribution < -0.4 is 5.32 Å². The number of hydrogen-bond acceptors (Lipinski definition) is 3. The Morgan fingerprint density at radius 3 is 2.67 bits per heavy atom. The van der Waals surface area contributed by atoms with Gasteiger partial charge in [-0.1, -0.05) is 0 Å². The lowest BCUT2D eigenvalue weighted by molar-refractivity contribution is 0.625. The summed E-state index contributed by atoms with van der Waals surface area (Å²) in [6.45, 7) is 1.48. The Labute approximate surface area is 75.7 Å². The van der Waals surface area contributed by atoms with Crippen LogP contribution in [0.15, 0.2) is 11.8 Å². The molecule has 60 valence electrons. The van der Waals surface area contributed by atoms with Gasteiger partial charge in [0.1, 0.15) is 17.7 Å². The molecule has 0 aromatic heterocycles. The van der Waals surface area contributed by atoms with Gasteiger partial charge in [0.15, 0.2) is 5.11 Å². The van der Waals surface area contributed by atoms with Crippen LogP contribution in [0.3, 0.4) is 0 Å². The fraction of sp³-hybridized carbons (Fsp3) is 0.286. The standard InChI is InChI=1S/C7H6N4S/c8-3-6(4-9)5-11-2-1-10-7(11)12/h5H,1-2H2,(H,10,12). The van der Waals surface area contributed by atoms with Gasteiger partial charge in [-0.15, -0.1) is 0 Å². The molecule has 12 heavy (non-hydrogen) atoms. The molecule has 1 saturated heterocycles. The highest BCUT2D eigenvalue weighted by molar-refractivity contribution is 7.80. The minimum atomic E-state index is 0.0704. The number of rotatable bonds is 1. The molecular weight excluding hydrogens is 172 g/mol.